The van der Waals surface area contributed by atoms with E-state index in [-0.39, 0.29) is 11.7 Å². The number of nitrogens with zero attached hydrogens (tertiary/aromatic N) is 2. The van der Waals surface area contributed by atoms with Crippen molar-refractivity contribution in [3.8, 4) is 0 Å². The van der Waals surface area contributed by atoms with Crippen LogP contribution in [-0.4, -0.2) is 15.9 Å². The molecule has 4 aromatic rings. The normalized spacial score (nSPS) is 10.9. The van der Waals surface area contributed by atoms with Crippen LogP contribution in [0.5, 0.6) is 0 Å². The predicted octanol–water partition coefficient (Wildman–Crippen LogP) is 4.04. The summed E-state index contributed by atoms with van der Waals surface area (Å²) in [6.07, 6.45) is 1.69. The standard InChI is InChI=1S/C19H15N3O3S/c23-18(21-11-13-5-3-4-10-20-13)17-9-8-14(24-17)12-26-19-22-15-6-1-2-7-16(15)25-19/h1-10H,11-12H2,(H,21,23). The highest BCUT2D eigenvalue weighted by atomic mass is 32.2. The van der Waals surface area contributed by atoms with E-state index >= 15 is 0 Å². The molecule has 3 aromatic heterocycles. The molecule has 0 bridgehead atoms. The van der Waals surface area contributed by atoms with E-state index in [1.165, 1.54) is 11.8 Å². The van der Waals surface area contributed by atoms with Gasteiger partial charge in [-0.05, 0) is 36.4 Å². The molecule has 0 aliphatic heterocycles. The Morgan fingerprint density at radius 1 is 1.04 bits per heavy atom. The van der Waals surface area contributed by atoms with E-state index in [0.29, 0.717) is 23.3 Å². The minimum Gasteiger partial charge on any atom is -0.455 e. The van der Waals surface area contributed by atoms with Crippen LogP contribution in [0.1, 0.15) is 22.0 Å². The molecule has 26 heavy (non-hydrogen) atoms. The maximum Gasteiger partial charge on any atom is 0.287 e. The van der Waals surface area contributed by atoms with Crippen molar-refractivity contribution in [2.75, 3.05) is 0 Å². The topological polar surface area (TPSA) is 81.2 Å². The van der Waals surface area contributed by atoms with Crippen molar-refractivity contribution in [1.82, 2.24) is 15.3 Å². The maximum atomic E-state index is 12.2. The Hall–Kier alpha value is -3.06. The fraction of sp³-hybridized carbons (Fsp3) is 0.105. The lowest BCUT2D eigenvalue weighted by atomic mass is 10.3. The van der Waals surface area contributed by atoms with E-state index < -0.39 is 0 Å². The summed E-state index contributed by atoms with van der Waals surface area (Å²) in [6, 6.07) is 16.6. The molecule has 0 atom stereocenters. The zero-order valence-electron chi connectivity index (χ0n) is 13.7. The highest BCUT2D eigenvalue weighted by Crippen LogP contribution is 2.26. The second kappa shape index (κ2) is 7.45. The quantitative estimate of drug-likeness (QED) is 0.520. The van der Waals surface area contributed by atoms with Crippen LogP contribution in [0.15, 0.2) is 74.9 Å². The average molecular weight is 365 g/mol. The monoisotopic (exact) mass is 365 g/mol. The summed E-state index contributed by atoms with van der Waals surface area (Å²) in [5.74, 6) is 1.21. The number of oxazole rings is 1. The van der Waals surface area contributed by atoms with Crippen molar-refractivity contribution >= 4 is 28.8 Å². The SMILES string of the molecule is O=C(NCc1ccccn1)c1ccc(CSc2nc3ccccc3o2)o1. The van der Waals surface area contributed by atoms with E-state index in [2.05, 4.69) is 15.3 Å². The number of hydrogen-bond donors (Lipinski definition) is 1. The van der Waals surface area contributed by atoms with Crippen LogP contribution in [-0.2, 0) is 12.3 Å². The summed E-state index contributed by atoms with van der Waals surface area (Å²) >= 11 is 1.42. The third kappa shape index (κ3) is 3.78. The highest BCUT2D eigenvalue weighted by Gasteiger charge is 2.13. The number of rotatable bonds is 6. The summed E-state index contributed by atoms with van der Waals surface area (Å²) in [5, 5.41) is 3.36. The first-order chi connectivity index (χ1) is 12.8. The second-order valence-electron chi connectivity index (χ2n) is 5.51. The van der Waals surface area contributed by atoms with Crippen LogP contribution in [0.3, 0.4) is 0 Å². The molecule has 3 heterocycles. The minimum atomic E-state index is -0.270. The van der Waals surface area contributed by atoms with E-state index in [0.717, 1.165) is 16.8 Å². The van der Waals surface area contributed by atoms with Crippen molar-refractivity contribution < 1.29 is 13.6 Å². The Bertz CT molecular complexity index is 994. The van der Waals surface area contributed by atoms with Gasteiger partial charge < -0.3 is 14.2 Å². The summed E-state index contributed by atoms with van der Waals surface area (Å²) in [7, 11) is 0. The zero-order chi connectivity index (χ0) is 17.8. The summed E-state index contributed by atoms with van der Waals surface area (Å²) in [5.41, 5.74) is 2.37. The van der Waals surface area contributed by atoms with Gasteiger partial charge in [-0.3, -0.25) is 9.78 Å². The number of carbonyl (C=O) groups excluding carboxylic acids is 1. The van der Waals surface area contributed by atoms with E-state index in [9.17, 15) is 4.79 Å². The van der Waals surface area contributed by atoms with Gasteiger partial charge in [-0.25, -0.2) is 4.98 Å². The first-order valence-electron chi connectivity index (χ1n) is 8.03. The van der Waals surface area contributed by atoms with Crippen molar-refractivity contribution in [3.05, 3.63) is 78.0 Å². The van der Waals surface area contributed by atoms with Gasteiger partial charge in [0.1, 0.15) is 11.3 Å². The highest BCUT2D eigenvalue weighted by molar-refractivity contribution is 7.98. The number of benzene rings is 1. The number of furan rings is 1. The van der Waals surface area contributed by atoms with Crippen LogP contribution in [0.25, 0.3) is 11.1 Å². The molecule has 0 saturated heterocycles. The molecule has 6 nitrogen and oxygen atoms in total. The summed E-state index contributed by atoms with van der Waals surface area (Å²) in [4.78, 5) is 20.7. The number of fused-ring (bicyclic) bond motifs is 1. The molecule has 7 heteroatoms. The Kier molecular flexibility index (Phi) is 4.70. The summed E-state index contributed by atoms with van der Waals surface area (Å²) < 4.78 is 11.3. The lowest BCUT2D eigenvalue weighted by Gasteiger charge is -2.02. The number of aromatic nitrogens is 2. The van der Waals surface area contributed by atoms with Crippen molar-refractivity contribution in [1.29, 1.82) is 0 Å². The van der Waals surface area contributed by atoms with E-state index in [1.807, 2.05) is 42.5 Å². The molecule has 0 aliphatic rings. The van der Waals surface area contributed by atoms with Gasteiger partial charge >= 0.3 is 0 Å². The number of hydrogen-bond acceptors (Lipinski definition) is 6. The lowest BCUT2D eigenvalue weighted by molar-refractivity contribution is 0.0921. The van der Waals surface area contributed by atoms with Gasteiger partial charge in [0.15, 0.2) is 11.3 Å². The summed E-state index contributed by atoms with van der Waals surface area (Å²) in [6.45, 7) is 0.355. The van der Waals surface area contributed by atoms with Gasteiger partial charge in [-0.1, -0.05) is 30.0 Å². The Labute approximate surface area is 153 Å². The van der Waals surface area contributed by atoms with Crippen LogP contribution in [0.2, 0.25) is 0 Å². The second-order valence-corrected chi connectivity index (χ2v) is 6.43. The Balaban J connectivity index is 1.34. The number of nitrogens with one attached hydrogen (secondary N) is 1. The lowest BCUT2D eigenvalue weighted by Crippen LogP contribution is -2.22. The van der Waals surface area contributed by atoms with Crippen LogP contribution >= 0.6 is 11.8 Å². The number of para-hydroxylation sites is 2. The fourth-order valence-corrected chi connectivity index (χ4v) is 3.12. The van der Waals surface area contributed by atoms with Crippen molar-refractivity contribution in [2.45, 2.75) is 17.5 Å². The van der Waals surface area contributed by atoms with Gasteiger partial charge in [0.05, 0.1) is 18.0 Å². The maximum absolute atomic E-state index is 12.2. The molecular formula is C19H15N3O3S. The molecule has 0 spiro atoms. The third-order valence-corrected chi connectivity index (χ3v) is 4.50. The number of carbonyl (C=O) groups is 1. The van der Waals surface area contributed by atoms with Crippen LogP contribution in [0.4, 0.5) is 0 Å². The first kappa shape index (κ1) is 16.4. The van der Waals surface area contributed by atoms with Crippen LogP contribution in [0, 0.1) is 0 Å². The zero-order valence-corrected chi connectivity index (χ0v) is 14.5. The van der Waals surface area contributed by atoms with Crippen molar-refractivity contribution in [3.63, 3.8) is 0 Å². The largest absolute Gasteiger partial charge is 0.455 e. The fourth-order valence-electron chi connectivity index (χ4n) is 2.38. The molecule has 1 aromatic carbocycles. The Morgan fingerprint density at radius 3 is 2.77 bits per heavy atom. The van der Waals surface area contributed by atoms with Gasteiger partial charge in [-0.15, -0.1) is 0 Å². The number of thioether (sulfide) groups is 1. The van der Waals surface area contributed by atoms with Crippen LogP contribution < -0.4 is 5.32 Å². The molecule has 1 amide bonds. The minimum absolute atomic E-state index is 0.270. The molecular weight excluding hydrogens is 350 g/mol. The number of pyridine rings is 1. The molecule has 4 rings (SSSR count). The average Bonchev–Trinajstić information content (AvgIpc) is 3.31. The Morgan fingerprint density at radius 2 is 1.92 bits per heavy atom. The first-order valence-corrected chi connectivity index (χ1v) is 9.02. The van der Waals surface area contributed by atoms with Crippen molar-refractivity contribution in [2.24, 2.45) is 0 Å². The molecule has 0 radical (unpaired) electrons. The molecule has 130 valence electrons. The van der Waals surface area contributed by atoms with Gasteiger partial charge in [0.2, 0.25) is 0 Å². The molecule has 0 saturated carbocycles. The smallest absolute Gasteiger partial charge is 0.287 e. The van der Waals surface area contributed by atoms with Gasteiger partial charge in [0, 0.05) is 6.20 Å². The van der Waals surface area contributed by atoms with Gasteiger partial charge in [0.25, 0.3) is 11.1 Å². The molecule has 0 unspecified atom stereocenters. The molecule has 0 aliphatic carbocycles. The van der Waals surface area contributed by atoms with Gasteiger partial charge in [-0.2, -0.15) is 0 Å². The predicted molar refractivity (Wildman–Crippen MR) is 97.7 cm³/mol. The van der Waals surface area contributed by atoms with E-state index in [4.69, 9.17) is 8.83 Å². The third-order valence-electron chi connectivity index (χ3n) is 3.65. The molecule has 0 fully saturated rings. The molecule has 1 N–H and O–H groups in total. The van der Waals surface area contributed by atoms with E-state index in [1.54, 1.807) is 18.3 Å². The number of amides is 1.